The summed E-state index contributed by atoms with van der Waals surface area (Å²) in [6, 6.07) is 65.2. The van der Waals surface area contributed by atoms with Crippen molar-refractivity contribution in [3.8, 4) is 27.9 Å². The maximum Gasteiger partial charge on any atom is 0.0541 e. The number of benzene rings is 8. The zero-order chi connectivity index (χ0) is 39.0. The average molecular weight is 745 g/mol. The normalized spacial score (nSPS) is 15.4. The topological polar surface area (TPSA) is 8.17 Å². The smallest absolute Gasteiger partial charge is 0.0541 e. The first kappa shape index (κ1) is 34.4. The summed E-state index contributed by atoms with van der Waals surface area (Å²) >= 11 is 0. The minimum atomic E-state index is -0.0901. The van der Waals surface area contributed by atoms with E-state index in [9.17, 15) is 0 Å². The molecule has 1 aromatic heterocycles. The third-order valence-electron chi connectivity index (χ3n) is 12.7. The lowest BCUT2D eigenvalue weighted by atomic mass is 9.82. The second-order valence-corrected chi connectivity index (χ2v) is 16.6. The van der Waals surface area contributed by atoms with Crippen LogP contribution in [0.5, 0.6) is 0 Å². The largest absolute Gasteiger partial charge is 0.310 e. The molecule has 8 aromatic carbocycles. The van der Waals surface area contributed by atoms with Gasteiger partial charge in [-0.15, -0.1) is 0 Å². The van der Waals surface area contributed by atoms with Crippen LogP contribution < -0.4 is 4.90 Å². The Kier molecular flexibility index (Phi) is 7.91. The van der Waals surface area contributed by atoms with E-state index in [1.165, 1.54) is 82.8 Å². The van der Waals surface area contributed by atoms with Gasteiger partial charge in [0, 0.05) is 38.6 Å². The van der Waals surface area contributed by atoms with Gasteiger partial charge in [0.2, 0.25) is 0 Å². The van der Waals surface area contributed by atoms with Crippen molar-refractivity contribution in [1.29, 1.82) is 0 Å². The highest BCUT2D eigenvalue weighted by Gasteiger charge is 2.35. The molecule has 2 aliphatic carbocycles. The molecule has 0 bridgehead atoms. The number of rotatable bonds is 6. The SMILES string of the molecule is CC1C=C(c2ccc(N(c3ccc(-c4ccc5c(c4)c4ccccc4n5-c4cccc5ccccc45)cc3)c3ccc4c(c3)C(C)(C)c3ccccc3-4)cc2)C=CC1. The van der Waals surface area contributed by atoms with Gasteiger partial charge in [-0.05, 0) is 123 Å². The molecule has 11 rings (SSSR count). The maximum atomic E-state index is 2.43. The Bertz CT molecular complexity index is 3110. The lowest BCUT2D eigenvalue weighted by Gasteiger charge is -2.28. The Morgan fingerprint density at radius 3 is 1.97 bits per heavy atom. The predicted octanol–water partition coefficient (Wildman–Crippen LogP) is 15.4. The van der Waals surface area contributed by atoms with E-state index in [1.54, 1.807) is 0 Å². The average Bonchev–Trinajstić information content (AvgIpc) is 3.71. The van der Waals surface area contributed by atoms with E-state index in [0.29, 0.717) is 5.92 Å². The highest BCUT2D eigenvalue weighted by atomic mass is 15.1. The van der Waals surface area contributed by atoms with Gasteiger partial charge in [0.1, 0.15) is 0 Å². The quantitative estimate of drug-likeness (QED) is 0.165. The summed E-state index contributed by atoms with van der Waals surface area (Å²) in [4.78, 5) is 2.42. The Morgan fingerprint density at radius 2 is 1.16 bits per heavy atom. The highest BCUT2D eigenvalue weighted by Crippen LogP contribution is 2.51. The number of nitrogens with zero attached hydrogens (tertiary/aromatic N) is 2. The molecule has 2 aliphatic rings. The van der Waals surface area contributed by atoms with Gasteiger partial charge in [-0.1, -0.05) is 154 Å². The summed E-state index contributed by atoms with van der Waals surface area (Å²) in [5, 5.41) is 5.01. The predicted molar refractivity (Wildman–Crippen MR) is 247 cm³/mol. The van der Waals surface area contributed by atoms with E-state index in [0.717, 1.165) is 23.5 Å². The molecule has 0 saturated carbocycles. The monoisotopic (exact) mass is 744 g/mol. The van der Waals surface area contributed by atoms with Gasteiger partial charge in [0.05, 0.1) is 16.7 Å². The molecule has 0 radical (unpaired) electrons. The van der Waals surface area contributed by atoms with Crippen LogP contribution in [0.4, 0.5) is 17.1 Å². The molecule has 0 amide bonds. The fraction of sp³-hybridized carbons (Fsp3) is 0.107. The van der Waals surface area contributed by atoms with Crippen LogP contribution in [-0.4, -0.2) is 4.57 Å². The first-order valence-electron chi connectivity index (χ1n) is 20.6. The fourth-order valence-corrected chi connectivity index (χ4v) is 9.73. The van der Waals surface area contributed by atoms with Crippen molar-refractivity contribution in [1.82, 2.24) is 4.57 Å². The number of hydrogen-bond donors (Lipinski definition) is 0. The van der Waals surface area contributed by atoms with E-state index in [-0.39, 0.29) is 5.41 Å². The van der Waals surface area contributed by atoms with Crippen molar-refractivity contribution in [2.24, 2.45) is 5.92 Å². The Balaban J connectivity index is 1.01. The molecule has 1 heterocycles. The van der Waals surface area contributed by atoms with E-state index in [2.05, 4.69) is 224 Å². The van der Waals surface area contributed by atoms with E-state index < -0.39 is 0 Å². The summed E-state index contributed by atoms with van der Waals surface area (Å²) in [6.45, 7) is 7.01. The second-order valence-electron chi connectivity index (χ2n) is 16.6. The first-order chi connectivity index (χ1) is 28.4. The molecule has 1 unspecified atom stereocenters. The second kappa shape index (κ2) is 13.4. The van der Waals surface area contributed by atoms with Gasteiger partial charge in [-0.2, -0.15) is 0 Å². The van der Waals surface area contributed by atoms with Crippen LogP contribution in [0.1, 0.15) is 43.9 Å². The lowest BCUT2D eigenvalue weighted by Crippen LogP contribution is -2.16. The summed E-state index contributed by atoms with van der Waals surface area (Å²) in [7, 11) is 0. The van der Waals surface area contributed by atoms with Crippen LogP contribution in [-0.2, 0) is 5.41 Å². The van der Waals surface area contributed by atoms with Crippen LogP contribution in [0.2, 0.25) is 0 Å². The minimum Gasteiger partial charge on any atom is -0.310 e. The maximum absolute atomic E-state index is 2.43. The van der Waals surface area contributed by atoms with Gasteiger partial charge in [0.15, 0.2) is 0 Å². The highest BCUT2D eigenvalue weighted by molar-refractivity contribution is 6.11. The summed E-state index contributed by atoms with van der Waals surface area (Å²) < 4.78 is 2.43. The van der Waals surface area contributed by atoms with Gasteiger partial charge >= 0.3 is 0 Å². The van der Waals surface area contributed by atoms with Crippen molar-refractivity contribution >= 4 is 55.2 Å². The summed E-state index contributed by atoms with van der Waals surface area (Å²) in [6.07, 6.45) is 8.06. The van der Waals surface area contributed by atoms with Gasteiger partial charge < -0.3 is 9.47 Å². The molecular formula is C56H44N2. The zero-order valence-corrected chi connectivity index (χ0v) is 33.2. The number of para-hydroxylation sites is 1. The van der Waals surface area contributed by atoms with E-state index in [4.69, 9.17) is 0 Å². The first-order valence-corrected chi connectivity index (χ1v) is 20.6. The van der Waals surface area contributed by atoms with Crippen molar-refractivity contribution in [3.63, 3.8) is 0 Å². The molecule has 2 nitrogen and oxygen atoms in total. The third kappa shape index (κ3) is 5.47. The van der Waals surface area contributed by atoms with E-state index in [1.807, 2.05) is 0 Å². The van der Waals surface area contributed by atoms with Crippen molar-refractivity contribution in [2.75, 3.05) is 4.90 Å². The molecular weight excluding hydrogens is 701 g/mol. The number of hydrogen-bond acceptors (Lipinski definition) is 1. The van der Waals surface area contributed by atoms with Crippen molar-refractivity contribution in [2.45, 2.75) is 32.6 Å². The Morgan fingerprint density at radius 1 is 0.517 bits per heavy atom. The summed E-state index contributed by atoms with van der Waals surface area (Å²) in [5.74, 6) is 0.553. The Hall–Kier alpha value is -6.90. The number of allylic oxidation sites excluding steroid dienone is 4. The van der Waals surface area contributed by atoms with Crippen LogP contribution >= 0.6 is 0 Å². The molecule has 0 aliphatic heterocycles. The van der Waals surface area contributed by atoms with Crippen molar-refractivity contribution < 1.29 is 0 Å². The summed E-state index contributed by atoms with van der Waals surface area (Å²) in [5.41, 5.74) is 17.4. The molecule has 278 valence electrons. The van der Waals surface area contributed by atoms with Gasteiger partial charge in [-0.3, -0.25) is 0 Å². The van der Waals surface area contributed by atoms with Crippen LogP contribution in [0.25, 0.3) is 66.1 Å². The molecule has 0 saturated heterocycles. The molecule has 0 fully saturated rings. The number of fused-ring (bicyclic) bond motifs is 7. The van der Waals surface area contributed by atoms with Crippen LogP contribution in [0.3, 0.4) is 0 Å². The molecule has 0 spiro atoms. The van der Waals surface area contributed by atoms with E-state index >= 15 is 0 Å². The minimum absolute atomic E-state index is 0.0901. The fourth-order valence-electron chi connectivity index (χ4n) is 9.73. The zero-order valence-electron chi connectivity index (χ0n) is 33.2. The molecule has 0 N–H and O–H groups in total. The Labute approximate surface area is 340 Å². The molecule has 1 atom stereocenters. The molecule has 9 aromatic rings. The third-order valence-corrected chi connectivity index (χ3v) is 12.7. The number of anilines is 3. The van der Waals surface area contributed by atoms with Crippen molar-refractivity contribution in [3.05, 3.63) is 211 Å². The van der Waals surface area contributed by atoms with Gasteiger partial charge in [-0.25, -0.2) is 0 Å². The molecule has 2 heteroatoms. The number of aromatic nitrogens is 1. The van der Waals surface area contributed by atoms with Crippen LogP contribution in [0.15, 0.2) is 194 Å². The molecule has 58 heavy (non-hydrogen) atoms. The van der Waals surface area contributed by atoms with Crippen LogP contribution in [0, 0.1) is 5.92 Å². The standard InChI is InChI=1S/C56H44N2/c1-37-12-10-15-41(34-37)38-22-27-43(28-23-38)57(45-31-32-48-47-17-6-8-19-51(47)56(2,3)52(48)36-45)44-29-24-39(25-30-44)42-26-33-55-50(35-42)49-18-7-9-20-54(49)58(55)53-21-11-14-40-13-4-5-16-46(40)53/h4-11,13-37H,12H2,1-3H3. The van der Waals surface area contributed by atoms with Gasteiger partial charge in [0.25, 0.3) is 0 Å². The lowest BCUT2D eigenvalue weighted by molar-refractivity contribution is 0.660.